The Balaban J connectivity index is 2.03. The van der Waals surface area contributed by atoms with Crippen molar-refractivity contribution >= 4 is 45.2 Å². The number of anilines is 1. The van der Waals surface area contributed by atoms with Gasteiger partial charge in [0.05, 0.1) is 17.8 Å². The molecule has 38 heavy (non-hydrogen) atoms. The Morgan fingerprint density at radius 2 is 1.74 bits per heavy atom. The number of carbonyl (C=O) groups is 2. The van der Waals surface area contributed by atoms with Crippen molar-refractivity contribution in [3.8, 4) is 16.9 Å². The number of methoxy groups -OCH3 is 1. The fraction of sp³-hybridized carbons (Fsp3) is 0.185. The number of ether oxygens (including phenoxy) is 1. The summed E-state index contributed by atoms with van der Waals surface area (Å²) >= 11 is 6.28. The lowest BCUT2D eigenvalue weighted by atomic mass is 10.0. The minimum atomic E-state index is -4.38. The largest absolute Gasteiger partial charge is 0.494 e. The monoisotopic (exact) mass is 559 g/mol. The van der Waals surface area contributed by atoms with E-state index >= 15 is 0 Å². The maximum atomic E-state index is 15.0. The Hall–Kier alpha value is -3.89. The third-order valence-electron chi connectivity index (χ3n) is 5.36. The van der Waals surface area contributed by atoms with Crippen LogP contribution in [-0.2, 0) is 14.8 Å². The van der Waals surface area contributed by atoms with E-state index in [0.717, 1.165) is 6.07 Å². The highest BCUT2D eigenvalue weighted by atomic mass is 35.5. The number of hydrogen-bond acceptors (Lipinski definition) is 5. The van der Waals surface area contributed by atoms with E-state index in [4.69, 9.17) is 16.3 Å². The summed E-state index contributed by atoms with van der Waals surface area (Å²) in [6.07, 6.45) is 3.22. The summed E-state index contributed by atoms with van der Waals surface area (Å²) in [5.74, 6) is -1.53. The lowest BCUT2D eigenvalue weighted by Crippen LogP contribution is -2.33. The average Bonchev–Trinajstić information content (AvgIpc) is 2.88. The molecule has 11 heteroatoms. The quantitative estimate of drug-likeness (QED) is 0.307. The van der Waals surface area contributed by atoms with Crippen LogP contribution in [0.2, 0.25) is 5.02 Å². The van der Waals surface area contributed by atoms with E-state index in [1.807, 2.05) is 0 Å². The van der Waals surface area contributed by atoms with Gasteiger partial charge in [-0.1, -0.05) is 54.1 Å². The van der Waals surface area contributed by atoms with Crippen molar-refractivity contribution in [2.75, 3.05) is 24.9 Å². The van der Waals surface area contributed by atoms with Crippen LogP contribution in [0.4, 0.5) is 10.1 Å². The third-order valence-corrected chi connectivity index (χ3v) is 7.02. The van der Waals surface area contributed by atoms with Crippen LogP contribution in [0.3, 0.4) is 0 Å². The zero-order valence-corrected chi connectivity index (χ0v) is 22.5. The van der Waals surface area contributed by atoms with Gasteiger partial charge in [-0.25, -0.2) is 12.8 Å². The number of carbonyl (C=O) groups excluding carboxylic acids is 2. The number of amides is 2. The van der Waals surface area contributed by atoms with Gasteiger partial charge in [0, 0.05) is 36.7 Å². The van der Waals surface area contributed by atoms with Crippen LogP contribution in [-0.4, -0.2) is 40.4 Å². The molecule has 3 rings (SSSR count). The number of nitrogens with one attached hydrogen (secondary N) is 3. The van der Waals surface area contributed by atoms with Crippen LogP contribution < -0.4 is 20.1 Å². The predicted octanol–water partition coefficient (Wildman–Crippen LogP) is 4.85. The molecule has 0 aliphatic rings. The Kier molecular flexibility index (Phi) is 9.49. The van der Waals surface area contributed by atoms with Crippen molar-refractivity contribution in [2.45, 2.75) is 18.7 Å². The van der Waals surface area contributed by atoms with Crippen molar-refractivity contribution in [2.24, 2.45) is 0 Å². The molecule has 0 aromatic heterocycles. The normalized spacial score (nSPS) is 11.3. The molecule has 2 amide bonds. The SMILES string of the molecule is C/C=C/c1cc(F)c(-c2ccccc2)cc1NS(=O)(=O)c1cc(C(=O)NCCNC(C)=O)cc(Cl)c1OC. The van der Waals surface area contributed by atoms with Crippen molar-refractivity contribution in [1.82, 2.24) is 10.6 Å². The van der Waals surface area contributed by atoms with Crippen LogP contribution in [0.15, 0.2) is 65.6 Å². The molecular weight excluding hydrogens is 533 g/mol. The summed E-state index contributed by atoms with van der Waals surface area (Å²) in [6.45, 7) is 3.38. The van der Waals surface area contributed by atoms with Gasteiger partial charge in [-0.15, -0.1) is 0 Å². The number of hydrogen-bond donors (Lipinski definition) is 3. The molecule has 0 bridgehead atoms. The Morgan fingerprint density at radius 1 is 1.05 bits per heavy atom. The molecule has 0 fully saturated rings. The third kappa shape index (κ3) is 6.90. The molecule has 8 nitrogen and oxygen atoms in total. The standard InChI is InChI=1S/C27H27ClFN3O5S/c1-4-8-19-14-23(29)21(18-9-6-5-7-10-18)16-24(19)32-38(35,36)25-15-20(13-22(28)26(25)37-3)27(34)31-12-11-30-17(2)33/h4-10,13-16,32H,11-12H2,1-3H3,(H,30,33)(H,31,34)/b8-4+. The van der Waals surface area contributed by atoms with E-state index in [9.17, 15) is 22.4 Å². The van der Waals surface area contributed by atoms with Crippen LogP contribution in [0, 0.1) is 5.82 Å². The van der Waals surface area contributed by atoms with Gasteiger partial charge in [-0.3, -0.25) is 14.3 Å². The molecule has 0 unspecified atom stereocenters. The number of allylic oxidation sites excluding steroid dienone is 1. The second-order valence-electron chi connectivity index (χ2n) is 8.12. The zero-order chi connectivity index (χ0) is 27.9. The maximum Gasteiger partial charge on any atom is 0.265 e. The Labute approximate surface area is 225 Å². The molecule has 0 saturated heterocycles. The molecule has 0 atom stereocenters. The summed E-state index contributed by atoms with van der Waals surface area (Å²) in [5.41, 5.74) is 1.15. The fourth-order valence-corrected chi connectivity index (χ4v) is 5.30. The van der Waals surface area contributed by atoms with Crippen LogP contribution in [0.1, 0.15) is 29.8 Å². The van der Waals surface area contributed by atoms with E-state index in [0.29, 0.717) is 11.1 Å². The lowest BCUT2D eigenvalue weighted by Gasteiger charge is -2.17. The summed E-state index contributed by atoms with van der Waals surface area (Å²) in [5, 5.41) is 5.03. The second-order valence-corrected chi connectivity index (χ2v) is 10.2. The van der Waals surface area contributed by atoms with Crippen molar-refractivity contribution < 1.29 is 27.1 Å². The second kappa shape index (κ2) is 12.6. The average molecular weight is 560 g/mol. The molecule has 200 valence electrons. The van der Waals surface area contributed by atoms with Crippen LogP contribution >= 0.6 is 11.6 Å². The molecule has 3 aromatic carbocycles. The minimum absolute atomic E-state index is 0.0308. The maximum absolute atomic E-state index is 15.0. The molecule has 3 N–H and O–H groups in total. The molecule has 0 saturated carbocycles. The molecule has 0 radical (unpaired) electrons. The van der Waals surface area contributed by atoms with Crippen LogP contribution in [0.5, 0.6) is 5.75 Å². The first kappa shape index (κ1) is 28.7. The van der Waals surface area contributed by atoms with Gasteiger partial charge >= 0.3 is 0 Å². The molecule has 3 aromatic rings. The van der Waals surface area contributed by atoms with Crippen molar-refractivity contribution in [1.29, 1.82) is 0 Å². The van der Waals surface area contributed by atoms with E-state index in [-0.39, 0.29) is 51.5 Å². The predicted molar refractivity (Wildman–Crippen MR) is 146 cm³/mol. The van der Waals surface area contributed by atoms with Gasteiger partial charge in [0.2, 0.25) is 5.91 Å². The topological polar surface area (TPSA) is 114 Å². The first-order valence-corrected chi connectivity index (χ1v) is 13.4. The zero-order valence-electron chi connectivity index (χ0n) is 21.0. The van der Waals surface area contributed by atoms with E-state index in [1.54, 1.807) is 49.4 Å². The smallest absolute Gasteiger partial charge is 0.265 e. The van der Waals surface area contributed by atoms with E-state index in [2.05, 4.69) is 15.4 Å². The fourth-order valence-electron chi connectivity index (χ4n) is 3.65. The number of rotatable bonds is 10. The molecule has 0 spiro atoms. The summed E-state index contributed by atoms with van der Waals surface area (Å²) < 4.78 is 49.9. The van der Waals surface area contributed by atoms with Gasteiger partial charge in [-0.2, -0.15) is 0 Å². The van der Waals surface area contributed by atoms with Crippen molar-refractivity contribution in [3.63, 3.8) is 0 Å². The van der Waals surface area contributed by atoms with Crippen LogP contribution in [0.25, 0.3) is 17.2 Å². The highest BCUT2D eigenvalue weighted by Gasteiger charge is 2.26. The lowest BCUT2D eigenvalue weighted by molar-refractivity contribution is -0.118. The first-order valence-electron chi connectivity index (χ1n) is 11.5. The molecule has 0 aliphatic carbocycles. The number of halogens is 2. The van der Waals surface area contributed by atoms with Gasteiger partial charge in [-0.05, 0) is 36.8 Å². The summed E-state index contributed by atoms with van der Waals surface area (Å²) in [6, 6.07) is 13.8. The minimum Gasteiger partial charge on any atom is -0.494 e. The summed E-state index contributed by atoms with van der Waals surface area (Å²) in [4.78, 5) is 23.3. The molecule has 0 heterocycles. The van der Waals surface area contributed by atoms with Crippen molar-refractivity contribution in [3.05, 3.63) is 82.6 Å². The first-order chi connectivity index (χ1) is 18.1. The number of sulfonamides is 1. The highest BCUT2D eigenvalue weighted by Crippen LogP contribution is 2.36. The Bertz CT molecular complexity index is 1480. The van der Waals surface area contributed by atoms with E-state index in [1.165, 1.54) is 32.2 Å². The molecule has 0 aliphatic heterocycles. The van der Waals surface area contributed by atoms with Gasteiger partial charge < -0.3 is 15.4 Å². The van der Waals surface area contributed by atoms with Gasteiger partial charge in [0.25, 0.3) is 15.9 Å². The molecular formula is C27H27ClFN3O5S. The van der Waals surface area contributed by atoms with E-state index < -0.39 is 21.7 Å². The summed E-state index contributed by atoms with van der Waals surface area (Å²) in [7, 11) is -3.12. The number of benzene rings is 3. The highest BCUT2D eigenvalue weighted by molar-refractivity contribution is 7.92. The Morgan fingerprint density at radius 3 is 2.37 bits per heavy atom. The van der Waals surface area contributed by atoms with Gasteiger partial charge in [0.15, 0.2) is 5.75 Å². The van der Waals surface area contributed by atoms with Gasteiger partial charge in [0.1, 0.15) is 10.7 Å².